The van der Waals surface area contributed by atoms with E-state index in [1.54, 1.807) is 18.6 Å². The van der Waals surface area contributed by atoms with E-state index < -0.39 is 47.9 Å². The third-order valence-corrected chi connectivity index (χ3v) is 8.36. The van der Waals surface area contributed by atoms with Crippen molar-refractivity contribution in [3.05, 3.63) is 90.3 Å². The summed E-state index contributed by atoms with van der Waals surface area (Å²) < 4.78 is 0. The minimum Gasteiger partial charge on any atom is -0.480 e. The lowest BCUT2D eigenvalue weighted by Crippen LogP contribution is -2.58. The average Bonchev–Trinajstić information content (AvgIpc) is 3.86. The molecule has 5 aromatic rings. The molecule has 262 valence electrons. The summed E-state index contributed by atoms with van der Waals surface area (Å²) in [5.41, 5.74) is 20.8. The Hall–Kier alpha value is -6.16. The van der Waals surface area contributed by atoms with Crippen LogP contribution in [0.1, 0.15) is 29.7 Å². The van der Waals surface area contributed by atoms with Crippen molar-refractivity contribution in [1.29, 1.82) is 0 Å². The predicted octanol–water partition coefficient (Wildman–Crippen LogP) is 0.320. The zero-order valence-corrected chi connectivity index (χ0v) is 27.2. The number of H-pyrrole nitrogens is 3. The van der Waals surface area contributed by atoms with Gasteiger partial charge in [-0.05, 0) is 36.1 Å². The lowest BCUT2D eigenvalue weighted by molar-refractivity contribution is -0.142. The van der Waals surface area contributed by atoms with Crippen LogP contribution >= 0.6 is 0 Å². The van der Waals surface area contributed by atoms with Crippen molar-refractivity contribution in [2.75, 3.05) is 6.54 Å². The van der Waals surface area contributed by atoms with Crippen molar-refractivity contribution in [3.8, 4) is 0 Å². The molecule has 0 spiro atoms. The number of aliphatic imine (C=N–C) groups is 1. The van der Waals surface area contributed by atoms with Crippen LogP contribution < -0.4 is 33.2 Å². The second-order valence-corrected chi connectivity index (χ2v) is 12.0. The van der Waals surface area contributed by atoms with E-state index in [4.69, 9.17) is 17.2 Å². The Morgan fingerprint density at radius 2 is 1.32 bits per heavy atom. The number of imidazole rings is 1. The van der Waals surface area contributed by atoms with Gasteiger partial charge < -0.3 is 53.2 Å². The zero-order valence-electron chi connectivity index (χ0n) is 27.2. The number of hydrogen-bond donors (Lipinski definition) is 10. The van der Waals surface area contributed by atoms with Crippen molar-refractivity contribution < 1.29 is 24.3 Å². The van der Waals surface area contributed by atoms with E-state index in [2.05, 4.69) is 40.9 Å². The minimum atomic E-state index is -1.31. The number of aromatic nitrogens is 4. The summed E-state index contributed by atoms with van der Waals surface area (Å²) in [5, 5.41) is 19.9. The summed E-state index contributed by atoms with van der Waals surface area (Å²) in [6.45, 7) is 0.190. The SMILES string of the molecule is NC(N)=NCCCC(NC(=O)C(N)Cc1cnc[nH]1)C(=O)NC(Cc1c[nH]c2ccccc12)C(=O)NC(Cc1c[nH]c2ccccc12)C(=O)O. The number of benzene rings is 2. The van der Waals surface area contributed by atoms with Gasteiger partial charge >= 0.3 is 5.97 Å². The molecule has 13 N–H and O–H groups in total. The molecule has 0 fully saturated rings. The highest BCUT2D eigenvalue weighted by Gasteiger charge is 2.31. The highest BCUT2D eigenvalue weighted by atomic mass is 16.4. The van der Waals surface area contributed by atoms with Crippen LogP contribution in [0, 0.1) is 0 Å². The fourth-order valence-corrected chi connectivity index (χ4v) is 5.77. The normalized spacial score (nSPS) is 13.6. The van der Waals surface area contributed by atoms with Crippen molar-refractivity contribution in [2.45, 2.75) is 56.3 Å². The number of carboxylic acid groups (broad SMARTS) is 1. The number of rotatable bonds is 17. The summed E-state index contributed by atoms with van der Waals surface area (Å²) in [7, 11) is 0. The minimum absolute atomic E-state index is 0.00344. The number of nitrogens with zero attached hydrogens (tertiary/aromatic N) is 2. The second kappa shape index (κ2) is 16.3. The van der Waals surface area contributed by atoms with Crippen LogP contribution in [0.15, 0.2) is 78.4 Å². The summed E-state index contributed by atoms with van der Waals surface area (Å²) in [6.07, 6.45) is 7.06. The summed E-state index contributed by atoms with van der Waals surface area (Å²) >= 11 is 0. The second-order valence-electron chi connectivity index (χ2n) is 12.0. The smallest absolute Gasteiger partial charge is 0.326 e. The third-order valence-electron chi connectivity index (χ3n) is 8.36. The fraction of sp³-hybridized carbons (Fsp3) is 0.294. The Kier molecular flexibility index (Phi) is 11.5. The van der Waals surface area contributed by atoms with Crippen LogP contribution in [-0.2, 0) is 38.4 Å². The van der Waals surface area contributed by atoms with E-state index in [0.29, 0.717) is 17.7 Å². The van der Waals surface area contributed by atoms with Crippen LogP contribution in [0.4, 0.5) is 0 Å². The number of guanidine groups is 1. The number of nitrogens with two attached hydrogens (primary N) is 3. The Bertz CT molecular complexity index is 1960. The van der Waals surface area contributed by atoms with Gasteiger partial charge in [0, 0.05) is 71.9 Å². The first-order valence-electron chi connectivity index (χ1n) is 16.1. The molecular weight excluding hydrogens is 642 g/mol. The van der Waals surface area contributed by atoms with E-state index in [1.165, 1.54) is 6.33 Å². The van der Waals surface area contributed by atoms with Gasteiger partial charge in [0.1, 0.15) is 18.1 Å². The monoisotopic (exact) mass is 683 g/mol. The molecule has 0 bridgehead atoms. The maximum absolute atomic E-state index is 13.9. The van der Waals surface area contributed by atoms with Gasteiger partial charge in [0.2, 0.25) is 17.7 Å². The quantitative estimate of drug-likeness (QED) is 0.0367. The molecule has 4 unspecified atom stereocenters. The zero-order chi connectivity index (χ0) is 35.6. The number of aromatic amines is 3. The number of para-hydroxylation sites is 2. The molecule has 0 radical (unpaired) electrons. The van der Waals surface area contributed by atoms with Crippen molar-refractivity contribution in [3.63, 3.8) is 0 Å². The molecule has 0 saturated heterocycles. The van der Waals surface area contributed by atoms with E-state index in [-0.39, 0.29) is 38.2 Å². The lowest BCUT2D eigenvalue weighted by Gasteiger charge is -2.25. The van der Waals surface area contributed by atoms with E-state index in [1.807, 2.05) is 48.5 Å². The first-order valence-corrected chi connectivity index (χ1v) is 16.1. The fourth-order valence-electron chi connectivity index (χ4n) is 5.77. The van der Waals surface area contributed by atoms with Crippen molar-refractivity contribution in [2.24, 2.45) is 22.2 Å². The molecule has 0 saturated carbocycles. The van der Waals surface area contributed by atoms with E-state index in [9.17, 15) is 24.3 Å². The third kappa shape index (κ3) is 9.04. The molecule has 2 aromatic carbocycles. The Labute approximate surface area is 286 Å². The number of amides is 3. The Morgan fingerprint density at radius 1 is 0.760 bits per heavy atom. The molecule has 0 aliphatic rings. The molecule has 4 atom stereocenters. The molecule has 16 nitrogen and oxygen atoms in total. The summed E-state index contributed by atoms with van der Waals surface area (Å²) in [6, 6.07) is 10.3. The number of aliphatic carboxylic acids is 1. The lowest BCUT2D eigenvalue weighted by atomic mass is 10.0. The van der Waals surface area contributed by atoms with Gasteiger partial charge in [0.15, 0.2) is 5.96 Å². The first kappa shape index (κ1) is 35.2. The number of carboxylic acids is 1. The molecule has 50 heavy (non-hydrogen) atoms. The first-order chi connectivity index (χ1) is 24.1. The number of carbonyl (C=O) groups is 4. The van der Waals surface area contributed by atoms with Crippen molar-refractivity contribution in [1.82, 2.24) is 35.9 Å². The van der Waals surface area contributed by atoms with Gasteiger partial charge in [-0.3, -0.25) is 19.4 Å². The Morgan fingerprint density at radius 3 is 1.90 bits per heavy atom. The maximum atomic E-state index is 13.9. The Balaban J connectivity index is 1.37. The average molecular weight is 684 g/mol. The molecule has 0 aliphatic heterocycles. The van der Waals surface area contributed by atoms with Gasteiger partial charge in [0.25, 0.3) is 0 Å². The largest absolute Gasteiger partial charge is 0.480 e. The summed E-state index contributed by atoms with van der Waals surface area (Å²) in [4.78, 5) is 70.5. The molecule has 3 heterocycles. The van der Waals surface area contributed by atoms with Gasteiger partial charge in [-0.1, -0.05) is 36.4 Å². The number of fused-ring (bicyclic) bond motifs is 2. The molecule has 0 aliphatic carbocycles. The molecule has 3 aromatic heterocycles. The van der Waals surface area contributed by atoms with Gasteiger partial charge in [-0.15, -0.1) is 0 Å². The van der Waals surface area contributed by atoms with Crippen LogP contribution in [0.3, 0.4) is 0 Å². The van der Waals surface area contributed by atoms with Gasteiger partial charge in [-0.2, -0.15) is 0 Å². The summed E-state index contributed by atoms with van der Waals surface area (Å²) in [5.74, 6) is -3.33. The van der Waals surface area contributed by atoms with Crippen molar-refractivity contribution >= 4 is 51.5 Å². The van der Waals surface area contributed by atoms with Crippen LogP contribution in [-0.4, -0.2) is 85.4 Å². The number of nitrogens with one attached hydrogen (secondary N) is 6. The molecular formula is C34H41N11O5. The van der Waals surface area contributed by atoms with E-state index in [0.717, 1.165) is 27.4 Å². The maximum Gasteiger partial charge on any atom is 0.326 e. The highest BCUT2D eigenvalue weighted by Crippen LogP contribution is 2.21. The molecule has 3 amide bonds. The topological polar surface area (TPSA) is 275 Å². The predicted molar refractivity (Wildman–Crippen MR) is 188 cm³/mol. The van der Waals surface area contributed by atoms with Gasteiger partial charge in [-0.25, -0.2) is 9.78 Å². The highest BCUT2D eigenvalue weighted by molar-refractivity contribution is 5.95. The number of hydrogen-bond acceptors (Lipinski definition) is 7. The van der Waals surface area contributed by atoms with Gasteiger partial charge in [0.05, 0.1) is 12.4 Å². The van der Waals surface area contributed by atoms with E-state index >= 15 is 0 Å². The van der Waals surface area contributed by atoms with Crippen LogP contribution in [0.5, 0.6) is 0 Å². The molecule has 5 rings (SSSR count). The van der Waals surface area contributed by atoms with Crippen LogP contribution in [0.25, 0.3) is 21.8 Å². The number of carbonyl (C=O) groups excluding carboxylic acids is 3. The van der Waals surface area contributed by atoms with Crippen LogP contribution in [0.2, 0.25) is 0 Å². The standard InChI is InChI=1S/C34H41N11O5/c35-24(14-21-17-38-18-42-21)30(46)43-27(10-5-11-39-34(36)37)31(47)44-28(12-19-15-40-25-8-3-1-6-22(19)25)32(48)45-29(33(49)50)13-20-16-41-26-9-4-2-7-23(20)26/h1-4,6-9,15-18,24,27-29,40-41H,5,10-14,35H2,(H,38,42)(H,43,46)(H,44,47)(H,45,48)(H,49,50)(H4,36,37,39). The molecule has 16 heteroatoms.